The first kappa shape index (κ1) is 14.0. The lowest BCUT2D eigenvalue weighted by Gasteiger charge is -2.03. The van der Waals surface area contributed by atoms with E-state index in [1.807, 2.05) is 0 Å². The zero-order chi connectivity index (χ0) is 11.8. The molecule has 0 aliphatic heterocycles. The Bertz CT molecular complexity index is 263. The van der Waals surface area contributed by atoms with Crippen molar-refractivity contribution in [3.05, 3.63) is 16.5 Å². The fourth-order valence-electron chi connectivity index (χ4n) is 2.14. The first-order valence-corrected chi connectivity index (χ1v) is 8.67. The van der Waals surface area contributed by atoms with Crippen molar-refractivity contribution < 1.29 is 0 Å². The van der Waals surface area contributed by atoms with Gasteiger partial charge in [0, 0.05) is 4.88 Å². The molecule has 0 spiro atoms. The van der Waals surface area contributed by atoms with Gasteiger partial charge in [0.2, 0.25) is 0 Å². The van der Waals surface area contributed by atoms with Crippen molar-refractivity contribution in [2.45, 2.75) is 65.2 Å². The van der Waals surface area contributed by atoms with E-state index in [0.717, 1.165) is 0 Å². The van der Waals surface area contributed by atoms with Crippen LogP contribution in [0.2, 0.25) is 0 Å². The number of thiophene rings is 1. The molecule has 0 aromatic carbocycles. The minimum absolute atomic E-state index is 1.23. The Labute approximate surface area is 108 Å². The Hall–Kier alpha value is -0.0831. The van der Waals surface area contributed by atoms with E-state index in [1.165, 1.54) is 61.6 Å². The number of rotatable bonds is 8. The largest absolute Gasteiger partial charge is 0.151 e. The molecule has 1 rings (SSSR count). The van der Waals surface area contributed by atoms with E-state index < -0.39 is 0 Å². The maximum absolute atomic E-state index is 2.48. The zero-order valence-electron chi connectivity index (χ0n) is 11.1. The van der Waals surface area contributed by atoms with Crippen LogP contribution in [0.15, 0.2) is 6.07 Å². The molecule has 1 aromatic heterocycles. The Balaban J connectivity index is 2.46. The summed E-state index contributed by atoms with van der Waals surface area (Å²) in [6, 6.07) is 2.48. The van der Waals surface area contributed by atoms with Gasteiger partial charge in [-0.1, -0.05) is 45.6 Å². The standard InChI is InChI=1S/C14H26SSi/c1-3-5-7-9-12-11-14(16)15-13(12)10-8-6-4-2/h11H,3-10H2,1-2,16H3. The molecule has 0 bridgehead atoms. The van der Waals surface area contributed by atoms with E-state index in [9.17, 15) is 0 Å². The summed E-state index contributed by atoms with van der Waals surface area (Å²) in [7, 11) is 1.23. The summed E-state index contributed by atoms with van der Waals surface area (Å²) in [5.74, 6) is 0. The van der Waals surface area contributed by atoms with E-state index in [1.54, 1.807) is 14.9 Å². The van der Waals surface area contributed by atoms with Crippen LogP contribution in [0.4, 0.5) is 0 Å². The molecule has 0 saturated carbocycles. The quantitative estimate of drug-likeness (QED) is 0.494. The predicted octanol–water partition coefficient (Wildman–Crippen LogP) is 3.20. The average Bonchev–Trinajstić information content (AvgIpc) is 2.60. The van der Waals surface area contributed by atoms with Gasteiger partial charge in [0.05, 0.1) is 10.2 Å². The van der Waals surface area contributed by atoms with Gasteiger partial charge in [-0.05, 0) is 35.7 Å². The molecule has 92 valence electrons. The first-order valence-electron chi connectivity index (χ1n) is 6.86. The molecule has 0 nitrogen and oxygen atoms in total. The van der Waals surface area contributed by atoms with Gasteiger partial charge in [0.1, 0.15) is 0 Å². The van der Waals surface area contributed by atoms with Gasteiger partial charge in [-0.25, -0.2) is 0 Å². The van der Waals surface area contributed by atoms with Crippen molar-refractivity contribution in [3.8, 4) is 0 Å². The second-order valence-corrected chi connectivity index (χ2v) is 7.86. The molecule has 0 N–H and O–H groups in total. The van der Waals surface area contributed by atoms with Crippen molar-refractivity contribution in [1.29, 1.82) is 0 Å². The van der Waals surface area contributed by atoms with Gasteiger partial charge in [-0.2, -0.15) is 11.3 Å². The summed E-state index contributed by atoms with van der Waals surface area (Å²) in [6.07, 6.45) is 10.9. The maximum Gasteiger partial charge on any atom is 0.0514 e. The predicted molar refractivity (Wildman–Crippen MR) is 80.4 cm³/mol. The molecule has 0 amide bonds. The van der Waals surface area contributed by atoms with E-state index in [0.29, 0.717) is 0 Å². The molecule has 0 saturated heterocycles. The SMILES string of the molecule is CCCCCc1cc([SiH3])sc1CCCCC. The Morgan fingerprint density at radius 3 is 2.25 bits per heavy atom. The lowest BCUT2D eigenvalue weighted by molar-refractivity contribution is 0.699. The molecule has 16 heavy (non-hydrogen) atoms. The summed E-state index contributed by atoms with van der Waals surface area (Å²) in [5, 5.41) is 0. The molecule has 2 heteroatoms. The number of hydrogen-bond donors (Lipinski definition) is 0. The van der Waals surface area contributed by atoms with Gasteiger partial charge < -0.3 is 0 Å². The van der Waals surface area contributed by atoms with E-state index >= 15 is 0 Å². The van der Waals surface area contributed by atoms with E-state index in [-0.39, 0.29) is 0 Å². The fraction of sp³-hybridized carbons (Fsp3) is 0.714. The maximum atomic E-state index is 2.48. The Morgan fingerprint density at radius 1 is 1.00 bits per heavy atom. The van der Waals surface area contributed by atoms with Crippen molar-refractivity contribution in [3.63, 3.8) is 0 Å². The minimum Gasteiger partial charge on any atom is -0.151 e. The number of aryl methyl sites for hydroxylation is 2. The van der Waals surface area contributed by atoms with Crippen molar-refractivity contribution >= 4 is 26.1 Å². The topological polar surface area (TPSA) is 0 Å². The summed E-state index contributed by atoms with van der Waals surface area (Å²) in [4.78, 5) is 1.70. The van der Waals surface area contributed by atoms with Crippen molar-refractivity contribution in [2.24, 2.45) is 0 Å². The fourth-order valence-corrected chi connectivity index (χ4v) is 4.36. The molecule has 0 unspecified atom stereocenters. The third kappa shape index (κ3) is 4.83. The summed E-state index contributed by atoms with van der Waals surface area (Å²) < 4.78 is 1.64. The van der Waals surface area contributed by atoms with Gasteiger partial charge in [0.15, 0.2) is 0 Å². The smallest absolute Gasteiger partial charge is 0.0514 e. The minimum atomic E-state index is 1.23. The van der Waals surface area contributed by atoms with Gasteiger partial charge in [0.25, 0.3) is 0 Å². The molecular weight excluding hydrogens is 228 g/mol. The third-order valence-corrected chi connectivity index (χ3v) is 5.13. The Kier molecular flexibility index (Phi) is 7.05. The van der Waals surface area contributed by atoms with Crippen LogP contribution in [0.1, 0.15) is 62.8 Å². The highest BCUT2D eigenvalue weighted by molar-refractivity contribution is 7.20. The number of hydrogen-bond acceptors (Lipinski definition) is 1. The second-order valence-electron chi connectivity index (χ2n) is 4.72. The molecule has 0 radical (unpaired) electrons. The highest BCUT2D eigenvalue weighted by Crippen LogP contribution is 2.20. The van der Waals surface area contributed by atoms with Crippen molar-refractivity contribution in [2.75, 3.05) is 0 Å². The molecular formula is C14H26SSi. The normalized spacial score (nSPS) is 11.1. The molecule has 0 fully saturated rings. The van der Waals surface area contributed by atoms with Gasteiger partial charge in [-0.3, -0.25) is 0 Å². The monoisotopic (exact) mass is 254 g/mol. The third-order valence-electron chi connectivity index (χ3n) is 3.08. The van der Waals surface area contributed by atoms with Gasteiger partial charge in [-0.15, -0.1) is 0 Å². The molecule has 0 aliphatic carbocycles. The van der Waals surface area contributed by atoms with Crippen LogP contribution in [0.5, 0.6) is 0 Å². The summed E-state index contributed by atoms with van der Waals surface area (Å²) >= 11 is 2.08. The summed E-state index contributed by atoms with van der Waals surface area (Å²) in [5.41, 5.74) is 1.68. The highest BCUT2D eigenvalue weighted by Gasteiger charge is 2.06. The lowest BCUT2D eigenvalue weighted by atomic mass is 10.1. The first-order chi connectivity index (χ1) is 7.77. The van der Waals surface area contributed by atoms with Crippen molar-refractivity contribution in [1.82, 2.24) is 0 Å². The van der Waals surface area contributed by atoms with Crippen LogP contribution < -0.4 is 4.50 Å². The molecule has 0 aliphatic rings. The van der Waals surface area contributed by atoms with Crippen LogP contribution in [-0.2, 0) is 12.8 Å². The number of unbranched alkanes of at least 4 members (excludes halogenated alkanes) is 4. The van der Waals surface area contributed by atoms with E-state index in [4.69, 9.17) is 0 Å². The van der Waals surface area contributed by atoms with Crippen LogP contribution in [0.25, 0.3) is 0 Å². The van der Waals surface area contributed by atoms with Crippen LogP contribution >= 0.6 is 11.3 Å². The summed E-state index contributed by atoms with van der Waals surface area (Å²) in [6.45, 7) is 4.57. The van der Waals surface area contributed by atoms with Crippen LogP contribution in [0.3, 0.4) is 0 Å². The van der Waals surface area contributed by atoms with Crippen LogP contribution in [-0.4, -0.2) is 10.2 Å². The average molecular weight is 255 g/mol. The Morgan fingerprint density at radius 2 is 1.62 bits per heavy atom. The van der Waals surface area contributed by atoms with E-state index in [2.05, 4.69) is 31.3 Å². The molecule has 0 atom stereocenters. The lowest BCUT2D eigenvalue weighted by Crippen LogP contribution is -1.92. The van der Waals surface area contributed by atoms with Gasteiger partial charge >= 0.3 is 0 Å². The second kappa shape index (κ2) is 8.07. The highest BCUT2D eigenvalue weighted by atomic mass is 32.1. The zero-order valence-corrected chi connectivity index (χ0v) is 14.0. The van der Waals surface area contributed by atoms with Crippen LogP contribution in [0, 0.1) is 0 Å². The molecule has 1 heterocycles. The molecule has 1 aromatic rings.